The third-order valence-corrected chi connectivity index (χ3v) is 2.65. The molecule has 1 aromatic carbocycles. The van der Waals surface area contributed by atoms with Crippen LogP contribution in [0.25, 0.3) is 0 Å². The highest BCUT2D eigenvalue weighted by molar-refractivity contribution is 5.30. The first-order chi connectivity index (χ1) is 9.10. The Morgan fingerprint density at radius 2 is 2.26 bits per heavy atom. The van der Waals surface area contributed by atoms with Crippen LogP contribution in [0.1, 0.15) is 37.2 Å². The number of ether oxygens (including phenoxy) is 1. The first kappa shape index (κ1) is 13.5. The summed E-state index contributed by atoms with van der Waals surface area (Å²) in [4.78, 5) is 4.07. The van der Waals surface area contributed by atoms with Gasteiger partial charge in [-0.3, -0.25) is 0 Å². The Kier molecular flexibility index (Phi) is 4.11. The van der Waals surface area contributed by atoms with Gasteiger partial charge in [-0.25, -0.2) is 4.39 Å². The molecule has 6 heteroatoms. The molecule has 0 aliphatic carbocycles. The molecule has 2 aromatic rings. The highest BCUT2D eigenvalue weighted by atomic mass is 19.1. The van der Waals surface area contributed by atoms with Crippen LogP contribution in [0.15, 0.2) is 22.7 Å². The van der Waals surface area contributed by atoms with Gasteiger partial charge in [0.15, 0.2) is 18.2 Å². The molecule has 0 spiro atoms. The maximum Gasteiger partial charge on any atom is 0.226 e. The second kappa shape index (κ2) is 5.79. The highest BCUT2D eigenvalue weighted by Gasteiger charge is 2.10. The number of hydrogen-bond donors (Lipinski definition) is 1. The summed E-state index contributed by atoms with van der Waals surface area (Å²) in [6.07, 6.45) is 0.657. The second-order valence-corrected chi connectivity index (χ2v) is 4.23. The summed E-state index contributed by atoms with van der Waals surface area (Å²) in [5.41, 5.74) is 6.40. The summed E-state index contributed by atoms with van der Waals surface area (Å²) < 4.78 is 24.0. The van der Waals surface area contributed by atoms with Crippen LogP contribution in [0.2, 0.25) is 0 Å². The lowest BCUT2D eigenvalue weighted by Gasteiger charge is -2.09. The molecular formula is C13H16FN3O2. The van der Waals surface area contributed by atoms with Crippen LogP contribution in [-0.4, -0.2) is 10.1 Å². The Labute approximate surface area is 110 Å². The van der Waals surface area contributed by atoms with Crippen LogP contribution >= 0.6 is 0 Å². The Morgan fingerprint density at radius 3 is 2.84 bits per heavy atom. The molecule has 1 atom stereocenters. The standard InChI is InChI=1S/C13H16FN3O2/c1-3-13-16-12(17-19-13)7-18-11-5-4-9(8(2)15)6-10(11)14/h4-6,8H,3,7,15H2,1-2H3/t8-/m1/s1. The fraction of sp³-hybridized carbons (Fsp3) is 0.385. The Balaban J connectivity index is 2.03. The lowest BCUT2D eigenvalue weighted by Crippen LogP contribution is -2.06. The average molecular weight is 265 g/mol. The van der Waals surface area contributed by atoms with Crippen LogP contribution in [0.5, 0.6) is 5.75 Å². The third kappa shape index (κ3) is 3.29. The van der Waals surface area contributed by atoms with Gasteiger partial charge >= 0.3 is 0 Å². The van der Waals surface area contributed by atoms with E-state index in [-0.39, 0.29) is 18.4 Å². The van der Waals surface area contributed by atoms with E-state index < -0.39 is 5.82 Å². The molecule has 102 valence electrons. The number of halogens is 1. The lowest BCUT2D eigenvalue weighted by molar-refractivity contribution is 0.272. The number of aryl methyl sites for hydroxylation is 1. The zero-order valence-electron chi connectivity index (χ0n) is 10.9. The zero-order chi connectivity index (χ0) is 13.8. The summed E-state index contributed by atoms with van der Waals surface area (Å²) in [6.45, 7) is 3.77. The van der Waals surface area contributed by atoms with Crippen molar-refractivity contribution in [1.82, 2.24) is 10.1 Å². The maximum absolute atomic E-state index is 13.7. The van der Waals surface area contributed by atoms with Crippen molar-refractivity contribution in [3.8, 4) is 5.75 Å². The normalized spacial score (nSPS) is 12.4. The highest BCUT2D eigenvalue weighted by Crippen LogP contribution is 2.21. The van der Waals surface area contributed by atoms with Gasteiger partial charge in [0.2, 0.25) is 11.7 Å². The third-order valence-electron chi connectivity index (χ3n) is 2.65. The number of nitrogens with two attached hydrogens (primary N) is 1. The van der Waals surface area contributed by atoms with E-state index in [1.54, 1.807) is 19.1 Å². The average Bonchev–Trinajstić information content (AvgIpc) is 2.85. The number of aromatic nitrogens is 2. The van der Waals surface area contributed by atoms with E-state index in [1.807, 2.05) is 6.92 Å². The van der Waals surface area contributed by atoms with Gasteiger partial charge in [-0.1, -0.05) is 18.1 Å². The van der Waals surface area contributed by atoms with Crippen LogP contribution in [0.3, 0.4) is 0 Å². The smallest absolute Gasteiger partial charge is 0.226 e. The zero-order valence-corrected chi connectivity index (χ0v) is 10.9. The molecule has 0 amide bonds. The molecule has 0 saturated heterocycles. The summed E-state index contributed by atoms with van der Waals surface area (Å²) in [6, 6.07) is 4.44. The van der Waals surface area contributed by atoms with Crippen molar-refractivity contribution in [2.75, 3.05) is 0 Å². The van der Waals surface area contributed by atoms with Gasteiger partial charge in [-0.2, -0.15) is 4.98 Å². The number of nitrogens with zero attached hydrogens (tertiary/aromatic N) is 2. The Hall–Kier alpha value is -1.95. The molecule has 0 fully saturated rings. The quantitative estimate of drug-likeness (QED) is 0.898. The molecular weight excluding hydrogens is 249 g/mol. The van der Waals surface area contributed by atoms with Crippen LogP contribution in [-0.2, 0) is 13.0 Å². The van der Waals surface area contributed by atoms with Gasteiger partial charge in [0, 0.05) is 12.5 Å². The molecule has 0 radical (unpaired) electrons. The topological polar surface area (TPSA) is 74.2 Å². The molecule has 0 bridgehead atoms. The van der Waals surface area contributed by atoms with Crippen molar-refractivity contribution in [3.05, 3.63) is 41.3 Å². The molecule has 0 aliphatic heterocycles. The van der Waals surface area contributed by atoms with Crippen molar-refractivity contribution in [3.63, 3.8) is 0 Å². The van der Waals surface area contributed by atoms with Crippen molar-refractivity contribution in [2.45, 2.75) is 32.9 Å². The van der Waals surface area contributed by atoms with Crippen molar-refractivity contribution in [1.29, 1.82) is 0 Å². The second-order valence-electron chi connectivity index (χ2n) is 4.23. The molecule has 1 heterocycles. The van der Waals surface area contributed by atoms with Crippen molar-refractivity contribution >= 4 is 0 Å². The molecule has 0 aliphatic rings. The van der Waals surface area contributed by atoms with Gasteiger partial charge in [-0.15, -0.1) is 0 Å². The van der Waals surface area contributed by atoms with E-state index in [1.165, 1.54) is 6.07 Å². The SMILES string of the molecule is CCc1nc(COc2ccc([C@@H](C)N)cc2F)no1. The van der Waals surface area contributed by atoms with Crippen molar-refractivity contribution < 1.29 is 13.7 Å². The molecule has 19 heavy (non-hydrogen) atoms. The summed E-state index contributed by atoms with van der Waals surface area (Å²) in [5.74, 6) is 0.625. The molecule has 0 saturated carbocycles. The predicted octanol–water partition coefficient (Wildman–Crippen LogP) is 2.37. The van der Waals surface area contributed by atoms with Crippen LogP contribution in [0, 0.1) is 5.82 Å². The molecule has 2 N–H and O–H groups in total. The summed E-state index contributed by atoms with van der Waals surface area (Å²) in [7, 11) is 0. The Bertz CT molecular complexity index is 555. The largest absolute Gasteiger partial charge is 0.482 e. The molecule has 5 nitrogen and oxygen atoms in total. The summed E-state index contributed by atoms with van der Waals surface area (Å²) in [5, 5.41) is 3.72. The van der Waals surface area contributed by atoms with Crippen molar-refractivity contribution in [2.24, 2.45) is 5.73 Å². The molecule has 0 unspecified atom stereocenters. The van der Waals surface area contributed by atoms with E-state index >= 15 is 0 Å². The predicted molar refractivity (Wildman–Crippen MR) is 67.0 cm³/mol. The van der Waals surface area contributed by atoms with Crippen LogP contribution in [0.4, 0.5) is 4.39 Å². The van der Waals surface area contributed by atoms with Gasteiger partial charge in [0.25, 0.3) is 0 Å². The van der Waals surface area contributed by atoms with Crippen LogP contribution < -0.4 is 10.5 Å². The minimum atomic E-state index is -0.450. The van der Waals surface area contributed by atoms with Gasteiger partial charge in [-0.05, 0) is 24.6 Å². The minimum absolute atomic E-state index is 0.0674. The summed E-state index contributed by atoms with van der Waals surface area (Å²) >= 11 is 0. The lowest BCUT2D eigenvalue weighted by atomic mass is 10.1. The molecule has 1 aromatic heterocycles. The first-order valence-corrected chi connectivity index (χ1v) is 6.09. The Morgan fingerprint density at radius 1 is 1.47 bits per heavy atom. The van der Waals surface area contributed by atoms with Gasteiger partial charge in [0.05, 0.1) is 0 Å². The van der Waals surface area contributed by atoms with Gasteiger partial charge in [0.1, 0.15) is 0 Å². The monoisotopic (exact) mass is 265 g/mol. The van der Waals surface area contributed by atoms with E-state index in [4.69, 9.17) is 15.0 Å². The maximum atomic E-state index is 13.7. The fourth-order valence-electron chi connectivity index (χ4n) is 1.55. The van der Waals surface area contributed by atoms with Gasteiger partial charge < -0.3 is 15.0 Å². The number of benzene rings is 1. The number of hydrogen-bond acceptors (Lipinski definition) is 5. The van der Waals surface area contributed by atoms with E-state index in [0.717, 1.165) is 5.56 Å². The molecule has 2 rings (SSSR count). The first-order valence-electron chi connectivity index (χ1n) is 6.09. The van der Waals surface area contributed by atoms with E-state index in [0.29, 0.717) is 18.1 Å². The number of rotatable bonds is 5. The minimum Gasteiger partial charge on any atom is -0.482 e. The van der Waals surface area contributed by atoms with E-state index in [9.17, 15) is 4.39 Å². The fourth-order valence-corrected chi connectivity index (χ4v) is 1.55. The van der Waals surface area contributed by atoms with E-state index in [2.05, 4.69) is 10.1 Å².